The molecule has 0 spiro atoms. The highest BCUT2D eigenvalue weighted by atomic mass is 35.5. The number of amides is 1. The summed E-state index contributed by atoms with van der Waals surface area (Å²) in [6.07, 6.45) is -0.948. The van der Waals surface area contributed by atoms with E-state index in [1.54, 1.807) is 49.6 Å². The highest BCUT2D eigenvalue weighted by Gasteiger charge is 2.43. The van der Waals surface area contributed by atoms with Crippen LogP contribution < -0.4 is 10.2 Å². The van der Waals surface area contributed by atoms with Gasteiger partial charge in [-0.3, -0.25) is 9.59 Å². The number of halogens is 1. The van der Waals surface area contributed by atoms with E-state index in [1.165, 1.54) is 11.0 Å². The standard InChI is InChI=1S/C26H20ClNO5/c1-32-18-9-5-8-16(12-18)23-22-24(30)19-13-17(27)10-11-21(19)33-25(22)26(31)28(23)14-20(29)15-6-3-2-4-7-15/h2-13,20,23,29H,14H2,1H3. The third kappa shape index (κ3) is 3.67. The minimum atomic E-state index is -0.948. The van der Waals surface area contributed by atoms with Crippen molar-refractivity contribution < 1.29 is 19.1 Å². The second-order valence-electron chi connectivity index (χ2n) is 7.88. The Morgan fingerprint density at radius 1 is 1.06 bits per heavy atom. The van der Waals surface area contributed by atoms with Crippen LogP contribution in [0.5, 0.6) is 5.75 Å². The molecule has 2 unspecified atom stereocenters. The van der Waals surface area contributed by atoms with E-state index in [2.05, 4.69) is 0 Å². The number of benzene rings is 3. The van der Waals surface area contributed by atoms with E-state index in [0.29, 0.717) is 27.3 Å². The molecule has 0 aliphatic carbocycles. The normalized spacial score (nSPS) is 16.2. The lowest BCUT2D eigenvalue weighted by Gasteiger charge is -2.27. The van der Waals surface area contributed by atoms with Crippen LogP contribution in [0.1, 0.15) is 39.4 Å². The van der Waals surface area contributed by atoms with Crippen molar-refractivity contribution in [2.24, 2.45) is 0 Å². The fraction of sp³-hybridized carbons (Fsp3) is 0.154. The number of aliphatic hydroxyl groups is 1. The number of β-amino-alcohol motifs (C(OH)–C–C–N with tert-alkyl or cyclic N) is 1. The lowest BCUT2D eigenvalue weighted by atomic mass is 9.98. The molecule has 1 amide bonds. The largest absolute Gasteiger partial charge is 0.497 e. The van der Waals surface area contributed by atoms with E-state index in [0.717, 1.165) is 0 Å². The third-order valence-electron chi connectivity index (χ3n) is 5.89. The number of methoxy groups -OCH3 is 1. The first kappa shape index (κ1) is 21.2. The Kier molecular flexibility index (Phi) is 5.40. The first-order valence-corrected chi connectivity index (χ1v) is 10.8. The molecule has 1 N–H and O–H groups in total. The first-order chi connectivity index (χ1) is 16.0. The number of hydrogen-bond donors (Lipinski definition) is 1. The van der Waals surface area contributed by atoms with Gasteiger partial charge in [0.2, 0.25) is 5.76 Å². The second-order valence-corrected chi connectivity index (χ2v) is 8.31. The quantitative estimate of drug-likeness (QED) is 0.464. The van der Waals surface area contributed by atoms with Gasteiger partial charge in [-0.05, 0) is 41.5 Å². The van der Waals surface area contributed by atoms with Gasteiger partial charge in [0.25, 0.3) is 5.91 Å². The molecule has 2 heterocycles. The molecule has 0 saturated carbocycles. The summed E-state index contributed by atoms with van der Waals surface area (Å²) in [5, 5.41) is 11.6. The Balaban J connectivity index is 1.69. The van der Waals surface area contributed by atoms with Crippen molar-refractivity contribution in [3.63, 3.8) is 0 Å². The molecule has 7 heteroatoms. The van der Waals surface area contributed by atoms with Crippen molar-refractivity contribution >= 4 is 28.5 Å². The van der Waals surface area contributed by atoms with Crippen LogP contribution in [0.2, 0.25) is 5.02 Å². The monoisotopic (exact) mass is 461 g/mol. The summed E-state index contributed by atoms with van der Waals surface area (Å²) < 4.78 is 11.3. The molecule has 6 nitrogen and oxygen atoms in total. The van der Waals surface area contributed by atoms with Gasteiger partial charge in [0, 0.05) is 5.02 Å². The molecule has 1 aromatic heterocycles. The number of nitrogens with zero attached hydrogens (tertiary/aromatic N) is 1. The molecular weight excluding hydrogens is 442 g/mol. The van der Waals surface area contributed by atoms with Crippen LogP contribution in [-0.4, -0.2) is 29.6 Å². The average molecular weight is 462 g/mol. The number of aliphatic hydroxyl groups excluding tert-OH is 1. The average Bonchev–Trinajstić information content (AvgIpc) is 3.12. The van der Waals surface area contributed by atoms with Crippen LogP contribution in [0.15, 0.2) is 82.0 Å². The summed E-state index contributed by atoms with van der Waals surface area (Å²) in [6.45, 7) is -0.0224. The molecule has 0 radical (unpaired) electrons. The summed E-state index contributed by atoms with van der Waals surface area (Å²) in [4.78, 5) is 28.5. The number of carbonyl (C=O) groups excluding carboxylic acids is 1. The van der Waals surface area contributed by atoms with Gasteiger partial charge in [-0.25, -0.2) is 0 Å². The van der Waals surface area contributed by atoms with Crippen LogP contribution in [0.25, 0.3) is 11.0 Å². The zero-order valence-corrected chi connectivity index (χ0v) is 18.5. The maximum absolute atomic E-state index is 13.6. The zero-order chi connectivity index (χ0) is 23.1. The molecule has 0 fully saturated rings. The molecule has 1 aliphatic heterocycles. The number of carbonyl (C=O) groups is 1. The fourth-order valence-electron chi connectivity index (χ4n) is 4.31. The Labute approximate surface area is 194 Å². The van der Waals surface area contributed by atoms with Crippen LogP contribution in [0, 0.1) is 0 Å². The number of fused-ring (bicyclic) bond motifs is 2. The van der Waals surface area contributed by atoms with Gasteiger partial charge in [0.05, 0.1) is 36.8 Å². The van der Waals surface area contributed by atoms with Gasteiger partial charge in [-0.15, -0.1) is 0 Å². The summed E-state index contributed by atoms with van der Waals surface area (Å²) in [7, 11) is 1.55. The predicted molar refractivity (Wildman–Crippen MR) is 125 cm³/mol. The predicted octanol–water partition coefficient (Wildman–Crippen LogP) is 4.73. The molecule has 166 valence electrons. The molecule has 2 atom stereocenters. The fourth-order valence-corrected chi connectivity index (χ4v) is 4.48. The van der Waals surface area contributed by atoms with Crippen LogP contribution in [0.3, 0.4) is 0 Å². The van der Waals surface area contributed by atoms with Crippen molar-refractivity contribution in [1.29, 1.82) is 0 Å². The Morgan fingerprint density at radius 2 is 1.85 bits per heavy atom. The van der Waals surface area contributed by atoms with E-state index in [4.69, 9.17) is 20.8 Å². The third-order valence-corrected chi connectivity index (χ3v) is 6.13. The molecule has 0 bridgehead atoms. The first-order valence-electron chi connectivity index (χ1n) is 10.4. The van der Waals surface area contributed by atoms with E-state index in [1.807, 2.05) is 24.3 Å². The van der Waals surface area contributed by atoms with Crippen molar-refractivity contribution in [3.8, 4) is 5.75 Å². The second kappa shape index (κ2) is 8.39. The van der Waals surface area contributed by atoms with Gasteiger partial charge in [-0.2, -0.15) is 0 Å². The van der Waals surface area contributed by atoms with E-state index >= 15 is 0 Å². The van der Waals surface area contributed by atoms with E-state index in [-0.39, 0.29) is 28.9 Å². The summed E-state index contributed by atoms with van der Waals surface area (Å²) >= 11 is 6.12. The summed E-state index contributed by atoms with van der Waals surface area (Å²) in [6, 6.07) is 20.2. The Hall–Kier alpha value is -3.61. The number of ether oxygens (including phenoxy) is 1. The minimum absolute atomic E-state index is 0.0224. The molecule has 0 saturated heterocycles. The molecule has 1 aliphatic rings. The summed E-state index contributed by atoms with van der Waals surface area (Å²) in [5.74, 6) is 0.106. The molecule has 3 aromatic carbocycles. The molecular formula is C26H20ClNO5. The molecule has 4 aromatic rings. The van der Waals surface area contributed by atoms with Crippen molar-refractivity contribution in [2.45, 2.75) is 12.1 Å². The smallest absolute Gasteiger partial charge is 0.291 e. The lowest BCUT2D eigenvalue weighted by Crippen LogP contribution is -2.33. The zero-order valence-electron chi connectivity index (χ0n) is 17.7. The van der Waals surface area contributed by atoms with Crippen molar-refractivity contribution in [2.75, 3.05) is 13.7 Å². The van der Waals surface area contributed by atoms with Gasteiger partial charge in [0.15, 0.2) is 5.43 Å². The van der Waals surface area contributed by atoms with Crippen LogP contribution in [0.4, 0.5) is 0 Å². The van der Waals surface area contributed by atoms with Crippen LogP contribution >= 0.6 is 11.6 Å². The lowest BCUT2D eigenvalue weighted by molar-refractivity contribution is 0.0583. The van der Waals surface area contributed by atoms with Gasteiger partial charge < -0.3 is 19.2 Å². The Bertz CT molecular complexity index is 1420. The van der Waals surface area contributed by atoms with E-state index < -0.39 is 18.1 Å². The highest BCUT2D eigenvalue weighted by Crippen LogP contribution is 2.40. The van der Waals surface area contributed by atoms with Crippen LogP contribution in [-0.2, 0) is 0 Å². The highest BCUT2D eigenvalue weighted by molar-refractivity contribution is 6.31. The topological polar surface area (TPSA) is 80.0 Å². The molecule has 5 rings (SSSR count). The number of rotatable bonds is 5. The Morgan fingerprint density at radius 3 is 2.61 bits per heavy atom. The minimum Gasteiger partial charge on any atom is -0.497 e. The van der Waals surface area contributed by atoms with E-state index in [9.17, 15) is 14.7 Å². The van der Waals surface area contributed by atoms with Gasteiger partial charge in [0.1, 0.15) is 11.3 Å². The number of hydrogen-bond acceptors (Lipinski definition) is 5. The van der Waals surface area contributed by atoms with Crippen molar-refractivity contribution in [3.05, 3.63) is 110 Å². The molecule has 33 heavy (non-hydrogen) atoms. The maximum Gasteiger partial charge on any atom is 0.291 e. The SMILES string of the molecule is COc1cccc(C2c3c(oc4ccc(Cl)cc4c3=O)C(=O)N2CC(O)c2ccccc2)c1. The maximum atomic E-state index is 13.6. The van der Waals surface area contributed by atoms with Gasteiger partial charge >= 0.3 is 0 Å². The summed E-state index contributed by atoms with van der Waals surface area (Å²) in [5.41, 5.74) is 1.53. The van der Waals surface area contributed by atoms with Crippen molar-refractivity contribution in [1.82, 2.24) is 4.90 Å². The van der Waals surface area contributed by atoms with Gasteiger partial charge in [-0.1, -0.05) is 54.1 Å².